The number of aromatic nitrogens is 2. The molecule has 0 saturated heterocycles. The van der Waals surface area contributed by atoms with Gasteiger partial charge in [0.1, 0.15) is 18.7 Å². The molecule has 0 saturated carbocycles. The van der Waals surface area contributed by atoms with Crippen molar-refractivity contribution < 1.29 is 24.2 Å². The lowest BCUT2D eigenvalue weighted by Crippen LogP contribution is -2.13. The van der Waals surface area contributed by atoms with E-state index in [4.69, 9.17) is 14.6 Å². The molecule has 0 atom stereocenters. The first-order valence-electron chi connectivity index (χ1n) is 6.73. The van der Waals surface area contributed by atoms with E-state index in [2.05, 4.69) is 5.10 Å². The van der Waals surface area contributed by atoms with E-state index in [0.29, 0.717) is 0 Å². The maximum Gasteiger partial charge on any atom is 0.342 e. The third kappa shape index (κ3) is 4.08. The van der Waals surface area contributed by atoms with Gasteiger partial charge in [0.15, 0.2) is 0 Å². The van der Waals surface area contributed by atoms with Crippen LogP contribution in [0.15, 0.2) is 36.5 Å². The van der Waals surface area contributed by atoms with Gasteiger partial charge in [0.25, 0.3) is 0 Å². The van der Waals surface area contributed by atoms with Gasteiger partial charge in [0, 0.05) is 6.20 Å². The van der Waals surface area contributed by atoms with Crippen LogP contribution in [0.1, 0.15) is 22.8 Å². The van der Waals surface area contributed by atoms with Crippen LogP contribution in [0.2, 0.25) is 0 Å². The fourth-order valence-corrected chi connectivity index (χ4v) is 1.80. The van der Waals surface area contributed by atoms with E-state index in [1.165, 1.54) is 10.9 Å². The number of carbonyl (C=O) groups excluding carboxylic acids is 1. The van der Waals surface area contributed by atoms with Crippen molar-refractivity contribution in [2.24, 2.45) is 0 Å². The molecule has 0 unspecified atom stereocenters. The molecule has 116 valence electrons. The van der Waals surface area contributed by atoms with Gasteiger partial charge < -0.3 is 14.6 Å². The molecule has 1 heterocycles. The molecule has 22 heavy (non-hydrogen) atoms. The number of hydrogen-bond acceptors (Lipinski definition) is 5. The number of carbonyl (C=O) groups is 2. The van der Waals surface area contributed by atoms with Crippen molar-refractivity contribution in [2.45, 2.75) is 20.1 Å². The highest BCUT2D eigenvalue weighted by atomic mass is 16.5. The summed E-state index contributed by atoms with van der Waals surface area (Å²) in [6, 6.07) is 9.30. The summed E-state index contributed by atoms with van der Waals surface area (Å²) in [6.45, 7) is 1.97. The average Bonchev–Trinajstić information content (AvgIpc) is 2.89. The zero-order chi connectivity index (χ0) is 15.9. The van der Waals surface area contributed by atoms with Crippen molar-refractivity contribution >= 4 is 11.9 Å². The first-order chi connectivity index (χ1) is 10.6. The quantitative estimate of drug-likeness (QED) is 0.783. The van der Waals surface area contributed by atoms with E-state index in [9.17, 15) is 9.59 Å². The van der Waals surface area contributed by atoms with Crippen LogP contribution in [0.5, 0.6) is 5.88 Å². The lowest BCUT2D eigenvalue weighted by atomic mass is 10.2. The molecule has 0 radical (unpaired) electrons. The van der Waals surface area contributed by atoms with Gasteiger partial charge in [-0.05, 0) is 12.5 Å². The topological polar surface area (TPSA) is 90.7 Å². The summed E-state index contributed by atoms with van der Waals surface area (Å²) in [7, 11) is 0. The molecular formula is C15H16N2O5. The third-order valence-electron chi connectivity index (χ3n) is 2.77. The second-order valence-electron chi connectivity index (χ2n) is 4.43. The van der Waals surface area contributed by atoms with Crippen molar-refractivity contribution in [3.05, 3.63) is 47.7 Å². The molecule has 0 fully saturated rings. The highest BCUT2D eigenvalue weighted by molar-refractivity contribution is 5.90. The molecule has 0 bridgehead atoms. The summed E-state index contributed by atoms with van der Waals surface area (Å²) in [6.07, 6.45) is 1.25. The number of rotatable bonds is 7. The smallest absolute Gasteiger partial charge is 0.342 e. The lowest BCUT2D eigenvalue weighted by molar-refractivity contribution is -0.144. The Morgan fingerprint density at radius 2 is 2.00 bits per heavy atom. The standard InChI is InChI=1S/C15H16N2O5/c1-2-21-13(18)9-17-8-12(15(19)20)14(16-17)22-10-11-6-4-3-5-7-11/h3-8H,2,9-10H2,1H3,(H,19,20). The molecule has 1 N–H and O–H groups in total. The second-order valence-corrected chi connectivity index (χ2v) is 4.43. The van der Waals surface area contributed by atoms with Crippen LogP contribution >= 0.6 is 0 Å². The lowest BCUT2D eigenvalue weighted by Gasteiger charge is -2.04. The maximum atomic E-state index is 11.4. The zero-order valence-electron chi connectivity index (χ0n) is 12.1. The number of aromatic carboxylic acids is 1. The number of ether oxygens (including phenoxy) is 2. The van der Waals surface area contributed by atoms with Gasteiger partial charge in [0.05, 0.1) is 6.61 Å². The SMILES string of the molecule is CCOC(=O)Cn1cc(C(=O)O)c(OCc2ccccc2)n1. The van der Waals surface area contributed by atoms with Crippen LogP contribution in [0, 0.1) is 0 Å². The molecule has 0 aliphatic heterocycles. The highest BCUT2D eigenvalue weighted by Gasteiger charge is 2.18. The first kappa shape index (κ1) is 15.6. The van der Waals surface area contributed by atoms with E-state index in [-0.39, 0.29) is 31.2 Å². The summed E-state index contributed by atoms with van der Waals surface area (Å²) in [5.41, 5.74) is 0.791. The monoisotopic (exact) mass is 304 g/mol. The predicted octanol–water partition coefficient (Wildman–Crippen LogP) is 1.72. The summed E-state index contributed by atoms with van der Waals surface area (Å²) in [4.78, 5) is 22.6. The minimum Gasteiger partial charge on any atom is -0.477 e. The number of hydrogen-bond donors (Lipinski definition) is 1. The Balaban J connectivity index is 2.10. The third-order valence-corrected chi connectivity index (χ3v) is 2.77. The molecular weight excluding hydrogens is 288 g/mol. The van der Waals surface area contributed by atoms with Gasteiger partial charge in [-0.3, -0.25) is 9.48 Å². The van der Waals surface area contributed by atoms with Crippen LogP contribution < -0.4 is 4.74 Å². The Bertz CT molecular complexity index is 651. The molecule has 2 aromatic rings. The van der Waals surface area contributed by atoms with Gasteiger partial charge in [-0.15, -0.1) is 5.10 Å². The molecule has 1 aromatic carbocycles. The molecule has 0 amide bonds. The number of carboxylic acids is 1. The minimum atomic E-state index is -1.17. The minimum absolute atomic E-state index is 0.0272. The molecule has 0 aliphatic carbocycles. The number of esters is 1. The van der Waals surface area contributed by atoms with E-state index in [1.807, 2.05) is 30.3 Å². The van der Waals surface area contributed by atoms with E-state index in [1.54, 1.807) is 6.92 Å². The van der Waals surface area contributed by atoms with E-state index < -0.39 is 11.9 Å². The van der Waals surface area contributed by atoms with Crippen molar-refractivity contribution in [1.82, 2.24) is 9.78 Å². The van der Waals surface area contributed by atoms with Crippen molar-refractivity contribution in [3.63, 3.8) is 0 Å². The van der Waals surface area contributed by atoms with Crippen LogP contribution in [0.4, 0.5) is 0 Å². The van der Waals surface area contributed by atoms with E-state index >= 15 is 0 Å². The molecule has 7 heteroatoms. The summed E-state index contributed by atoms with van der Waals surface area (Å²) in [5.74, 6) is -1.68. The number of benzene rings is 1. The average molecular weight is 304 g/mol. The number of nitrogens with zero attached hydrogens (tertiary/aromatic N) is 2. The number of carboxylic acid groups (broad SMARTS) is 1. The largest absolute Gasteiger partial charge is 0.477 e. The molecule has 0 aliphatic rings. The molecule has 2 rings (SSSR count). The van der Waals surface area contributed by atoms with Gasteiger partial charge in [0.2, 0.25) is 5.88 Å². The first-order valence-corrected chi connectivity index (χ1v) is 6.73. The fraction of sp³-hybridized carbons (Fsp3) is 0.267. The Morgan fingerprint density at radius 1 is 1.27 bits per heavy atom. The molecule has 1 aromatic heterocycles. The highest BCUT2D eigenvalue weighted by Crippen LogP contribution is 2.17. The maximum absolute atomic E-state index is 11.4. The van der Waals surface area contributed by atoms with Crippen molar-refractivity contribution in [1.29, 1.82) is 0 Å². The Labute approximate surface area is 127 Å². The van der Waals surface area contributed by atoms with Crippen molar-refractivity contribution in [2.75, 3.05) is 6.61 Å². The fourth-order valence-electron chi connectivity index (χ4n) is 1.80. The Kier molecular flexibility index (Phi) is 5.13. The Morgan fingerprint density at radius 3 is 2.64 bits per heavy atom. The zero-order valence-corrected chi connectivity index (χ0v) is 12.1. The Hall–Kier alpha value is -2.83. The van der Waals surface area contributed by atoms with Crippen LogP contribution in [0.3, 0.4) is 0 Å². The van der Waals surface area contributed by atoms with Crippen molar-refractivity contribution in [3.8, 4) is 5.88 Å². The molecule has 0 spiro atoms. The summed E-state index contributed by atoms with van der Waals surface area (Å²) < 4.78 is 11.4. The summed E-state index contributed by atoms with van der Waals surface area (Å²) in [5, 5.41) is 13.1. The normalized spacial score (nSPS) is 10.2. The van der Waals surface area contributed by atoms with Crippen LogP contribution in [-0.4, -0.2) is 33.4 Å². The van der Waals surface area contributed by atoms with Gasteiger partial charge in [-0.25, -0.2) is 4.79 Å². The van der Waals surface area contributed by atoms with Gasteiger partial charge in [-0.1, -0.05) is 30.3 Å². The predicted molar refractivity (Wildman–Crippen MR) is 76.6 cm³/mol. The van der Waals surface area contributed by atoms with Crippen LogP contribution in [0.25, 0.3) is 0 Å². The van der Waals surface area contributed by atoms with Gasteiger partial charge >= 0.3 is 11.9 Å². The van der Waals surface area contributed by atoms with Gasteiger partial charge in [-0.2, -0.15) is 0 Å². The van der Waals surface area contributed by atoms with E-state index in [0.717, 1.165) is 5.56 Å². The molecule has 7 nitrogen and oxygen atoms in total. The summed E-state index contributed by atoms with van der Waals surface area (Å²) >= 11 is 0. The second kappa shape index (κ2) is 7.26. The van der Waals surface area contributed by atoms with Crippen LogP contribution in [-0.2, 0) is 22.7 Å².